The third-order valence-electron chi connectivity index (χ3n) is 4.66. The van der Waals surface area contributed by atoms with E-state index < -0.39 is 29.6 Å². The van der Waals surface area contributed by atoms with Gasteiger partial charge in [-0.15, -0.1) is 13.2 Å². The quantitative estimate of drug-likeness (QED) is 0.371. The van der Waals surface area contributed by atoms with Crippen LogP contribution in [0.15, 0.2) is 18.5 Å². The zero-order valence-electron chi connectivity index (χ0n) is 20.2. The maximum Gasteiger partial charge on any atom is 0.574 e. The molecule has 36 heavy (non-hydrogen) atoms. The number of methoxy groups -OCH3 is 1. The standard InChI is InChI=1S/C21H26F3N9O3/c1-10(29-19(34)35-5)8-28-18-26-7-6-11(31-18)13-14(33-17(32-13)20(2,3)4)12-9-27-15(25)16(30-12)36-21(22,23)24/h6-7,9-10H,8H2,1-5H3,(H2,25,27)(H,29,34)(H,32,33)(H,26,28,31). The molecule has 3 heterocycles. The van der Waals surface area contributed by atoms with E-state index in [-0.39, 0.29) is 23.4 Å². The molecule has 0 aliphatic carbocycles. The maximum absolute atomic E-state index is 12.8. The molecule has 1 unspecified atom stereocenters. The van der Waals surface area contributed by atoms with Crippen molar-refractivity contribution in [3.05, 3.63) is 24.3 Å². The Bertz CT molecular complexity index is 1230. The minimum atomic E-state index is -5.00. The average molecular weight is 509 g/mol. The second-order valence-corrected chi connectivity index (χ2v) is 8.74. The summed E-state index contributed by atoms with van der Waals surface area (Å²) in [5.74, 6) is -0.627. The molecule has 194 valence electrons. The van der Waals surface area contributed by atoms with Crippen LogP contribution < -0.4 is 21.1 Å². The first-order valence-electron chi connectivity index (χ1n) is 10.7. The van der Waals surface area contributed by atoms with Crippen LogP contribution in [0, 0.1) is 0 Å². The number of ether oxygens (including phenoxy) is 2. The van der Waals surface area contributed by atoms with Crippen molar-refractivity contribution in [2.75, 3.05) is 24.7 Å². The summed E-state index contributed by atoms with van der Waals surface area (Å²) in [6.45, 7) is 7.79. The Morgan fingerprint density at radius 2 is 1.89 bits per heavy atom. The summed E-state index contributed by atoms with van der Waals surface area (Å²) < 4.78 is 46.9. The van der Waals surface area contributed by atoms with Crippen LogP contribution in [-0.2, 0) is 10.2 Å². The Kier molecular flexibility index (Phi) is 7.50. The summed E-state index contributed by atoms with van der Waals surface area (Å²) in [4.78, 5) is 35.4. The Hall–Kier alpha value is -4.17. The fraction of sp³-hybridized carbons (Fsp3) is 0.429. The smallest absolute Gasteiger partial charge is 0.453 e. The Morgan fingerprint density at radius 1 is 1.17 bits per heavy atom. The zero-order valence-corrected chi connectivity index (χ0v) is 20.2. The van der Waals surface area contributed by atoms with E-state index in [1.165, 1.54) is 19.5 Å². The number of rotatable bonds is 7. The van der Waals surface area contributed by atoms with Crippen LogP contribution in [0.4, 0.5) is 29.7 Å². The summed E-state index contributed by atoms with van der Waals surface area (Å²) in [7, 11) is 1.26. The first-order valence-corrected chi connectivity index (χ1v) is 10.7. The number of amides is 1. The second kappa shape index (κ2) is 10.2. The molecule has 1 amide bonds. The molecule has 3 aromatic heterocycles. The van der Waals surface area contributed by atoms with Crippen LogP contribution in [0.1, 0.15) is 33.5 Å². The van der Waals surface area contributed by atoms with Gasteiger partial charge in [0.25, 0.3) is 5.88 Å². The van der Waals surface area contributed by atoms with E-state index in [2.05, 4.69) is 50.0 Å². The number of alkyl halides is 3. The number of nitrogen functional groups attached to an aromatic ring is 1. The molecule has 0 aliphatic heterocycles. The number of nitrogens with two attached hydrogens (primary N) is 1. The number of nitrogens with zero attached hydrogens (tertiary/aromatic N) is 5. The fourth-order valence-electron chi connectivity index (χ4n) is 2.92. The Balaban J connectivity index is 1.99. The maximum atomic E-state index is 12.8. The highest BCUT2D eigenvalue weighted by Crippen LogP contribution is 2.34. The number of carbonyl (C=O) groups excluding carboxylic acids is 1. The van der Waals surface area contributed by atoms with Crippen LogP contribution in [0.25, 0.3) is 22.8 Å². The number of nitrogens with one attached hydrogen (secondary N) is 3. The van der Waals surface area contributed by atoms with E-state index >= 15 is 0 Å². The van der Waals surface area contributed by atoms with Gasteiger partial charge in [-0.05, 0) is 13.0 Å². The number of hydrogen-bond acceptors (Lipinski definition) is 10. The second-order valence-electron chi connectivity index (χ2n) is 8.74. The summed E-state index contributed by atoms with van der Waals surface area (Å²) in [5, 5.41) is 5.62. The highest BCUT2D eigenvalue weighted by atomic mass is 19.4. The molecule has 0 saturated carbocycles. The number of alkyl carbamates (subject to hydrolysis) is 1. The van der Waals surface area contributed by atoms with Gasteiger partial charge >= 0.3 is 12.5 Å². The number of carbonyl (C=O) groups is 1. The third-order valence-corrected chi connectivity index (χ3v) is 4.66. The molecule has 0 bridgehead atoms. The molecule has 3 rings (SSSR count). The first kappa shape index (κ1) is 26.4. The molecular formula is C21H26F3N9O3. The lowest BCUT2D eigenvalue weighted by molar-refractivity contribution is -0.275. The molecule has 0 radical (unpaired) electrons. The van der Waals surface area contributed by atoms with Crippen LogP contribution in [0.3, 0.4) is 0 Å². The van der Waals surface area contributed by atoms with Crippen molar-refractivity contribution in [2.45, 2.75) is 45.5 Å². The minimum Gasteiger partial charge on any atom is -0.453 e. The van der Waals surface area contributed by atoms with Crippen LogP contribution in [-0.4, -0.2) is 62.1 Å². The van der Waals surface area contributed by atoms with Gasteiger partial charge in [0.15, 0.2) is 5.82 Å². The van der Waals surface area contributed by atoms with Crippen molar-refractivity contribution in [1.82, 2.24) is 35.2 Å². The number of hydrogen-bond donors (Lipinski definition) is 4. The van der Waals surface area contributed by atoms with Crippen molar-refractivity contribution in [3.63, 3.8) is 0 Å². The fourth-order valence-corrected chi connectivity index (χ4v) is 2.92. The first-order chi connectivity index (χ1) is 16.8. The number of aromatic nitrogens is 6. The van der Waals surface area contributed by atoms with E-state index in [9.17, 15) is 18.0 Å². The highest BCUT2D eigenvalue weighted by molar-refractivity contribution is 5.75. The van der Waals surface area contributed by atoms with E-state index in [1.807, 2.05) is 20.8 Å². The molecule has 0 fully saturated rings. The van der Waals surface area contributed by atoms with Gasteiger partial charge in [-0.3, -0.25) is 0 Å². The van der Waals surface area contributed by atoms with Gasteiger partial charge in [-0.2, -0.15) is 0 Å². The normalized spacial score (nSPS) is 12.7. The number of halogens is 3. The monoisotopic (exact) mass is 509 g/mol. The largest absolute Gasteiger partial charge is 0.574 e. The number of anilines is 2. The summed E-state index contributed by atoms with van der Waals surface area (Å²) in [6, 6.07) is 1.31. The van der Waals surface area contributed by atoms with Gasteiger partial charge in [0.1, 0.15) is 17.2 Å². The van der Waals surface area contributed by atoms with Crippen LogP contribution in [0.5, 0.6) is 5.88 Å². The molecule has 12 nitrogen and oxygen atoms in total. The van der Waals surface area contributed by atoms with E-state index in [4.69, 9.17) is 5.73 Å². The van der Waals surface area contributed by atoms with Gasteiger partial charge in [-0.1, -0.05) is 20.8 Å². The summed E-state index contributed by atoms with van der Waals surface area (Å²) >= 11 is 0. The predicted molar refractivity (Wildman–Crippen MR) is 124 cm³/mol. The molecule has 3 aromatic rings. The van der Waals surface area contributed by atoms with Gasteiger partial charge in [-0.25, -0.2) is 29.7 Å². The van der Waals surface area contributed by atoms with E-state index in [0.29, 0.717) is 23.8 Å². The van der Waals surface area contributed by atoms with Gasteiger partial charge in [0.2, 0.25) is 5.95 Å². The lowest BCUT2D eigenvalue weighted by Crippen LogP contribution is -2.37. The number of aromatic amines is 1. The van der Waals surface area contributed by atoms with Gasteiger partial charge in [0.05, 0.1) is 24.7 Å². The molecule has 0 aromatic carbocycles. The van der Waals surface area contributed by atoms with Crippen LogP contribution in [0.2, 0.25) is 0 Å². The van der Waals surface area contributed by atoms with Crippen molar-refractivity contribution >= 4 is 17.9 Å². The summed E-state index contributed by atoms with van der Waals surface area (Å²) in [5.41, 5.74) is 6.04. The van der Waals surface area contributed by atoms with E-state index in [1.54, 1.807) is 13.0 Å². The molecule has 15 heteroatoms. The molecule has 0 aliphatic rings. The molecule has 5 N–H and O–H groups in total. The van der Waals surface area contributed by atoms with Gasteiger partial charge in [0, 0.05) is 24.2 Å². The predicted octanol–water partition coefficient (Wildman–Crippen LogP) is 3.26. The zero-order chi connectivity index (χ0) is 26.7. The average Bonchev–Trinajstić information content (AvgIpc) is 3.24. The van der Waals surface area contributed by atoms with Crippen LogP contribution >= 0.6 is 0 Å². The van der Waals surface area contributed by atoms with Crippen molar-refractivity contribution in [3.8, 4) is 28.7 Å². The Morgan fingerprint density at radius 3 is 2.53 bits per heavy atom. The molecule has 0 spiro atoms. The van der Waals surface area contributed by atoms with E-state index in [0.717, 1.165) is 0 Å². The molecular weight excluding hydrogens is 483 g/mol. The molecule has 0 saturated heterocycles. The third kappa shape index (κ3) is 6.70. The molecule has 1 atom stereocenters. The highest BCUT2D eigenvalue weighted by Gasteiger charge is 2.34. The number of H-pyrrole nitrogens is 1. The SMILES string of the molecule is COC(=O)NC(C)CNc1nccc(-c2[nH]c(C(C)(C)C)nc2-c2cnc(N)c(OC(F)(F)F)n2)n1. The van der Waals surface area contributed by atoms with Crippen molar-refractivity contribution in [1.29, 1.82) is 0 Å². The summed E-state index contributed by atoms with van der Waals surface area (Å²) in [6.07, 6.45) is -2.88. The topological polar surface area (TPSA) is 166 Å². The minimum absolute atomic E-state index is 0.00535. The van der Waals surface area contributed by atoms with Gasteiger partial charge < -0.3 is 30.8 Å². The van der Waals surface area contributed by atoms with Crippen molar-refractivity contribution < 1.29 is 27.4 Å². The van der Waals surface area contributed by atoms with Crippen molar-refractivity contribution in [2.24, 2.45) is 0 Å². The lowest BCUT2D eigenvalue weighted by atomic mass is 9.96. The number of imidazole rings is 1. The lowest BCUT2D eigenvalue weighted by Gasteiger charge is -2.14. The Labute approximate surface area is 204 Å².